The highest BCUT2D eigenvalue weighted by atomic mass is 16.5. The van der Waals surface area contributed by atoms with Crippen LogP contribution in [0, 0.1) is 0 Å². The van der Waals surface area contributed by atoms with Gasteiger partial charge in [-0.15, -0.1) is 0 Å². The van der Waals surface area contributed by atoms with Crippen molar-refractivity contribution >= 4 is 17.2 Å². The van der Waals surface area contributed by atoms with E-state index < -0.39 is 0 Å². The van der Waals surface area contributed by atoms with E-state index in [9.17, 15) is 9.59 Å². The number of unbranched alkanes of at least 4 members (excludes halogenated alkanes) is 1. The summed E-state index contributed by atoms with van der Waals surface area (Å²) in [6.45, 7) is 2.25. The smallest absolute Gasteiger partial charge is 0.258 e. The lowest BCUT2D eigenvalue weighted by molar-refractivity contribution is -0.116. The van der Waals surface area contributed by atoms with Crippen LogP contribution in [0.3, 0.4) is 0 Å². The second-order valence-electron chi connectivity index (χ2n) is 5.98. The Morgan fingerprint density at radius 3 is 2.77 bits per heavy atom. The number of hydrogen-bond donors (Lipinski definition) is 1. The maximum absolute atomic E-state index is 12.1. The minimum absolute atomic E-state index is 0.0151. The summed E-state index contributed by atoms with van der Waals surface area (Å²) in [6.07, 6.45) is 4.08. The molecule has 1 aromatic carbocycles. The number of nitrogens with one attached hydrogen (secondary N) is 1. The SMILES string of the molecule is CCCCC(=O)Nc1ccc(OCc2cc(=O)n3ccccc3n2)cc1. The molecule has 1 amide bonds. The molecule has 0 fully saturated rings. The largest absolute Gasteiger partial charge is 0.487 e. The molecule has 2 aromatic heterocycles. The van der Waals surface area contributed by atoms with E-state index in [0.29, 0.717) is 23.5 Å². The fourth-order valence-electron chi connectivity index (χ4n) is 2.53. The van der Waals surface area contributed by atoms with Gasteiger partial charge in [-0.05, 0) is 42.8 Å². The van der Waals surface area contributed by atoms with Crippen molar-refractivity contribution < 1.29 is 9.53 Å². The molecule has 0 saturated carbocycles. The number of nitrogens with zero attached hydrogens (tertiary/aromatic N) is 2. The minimum Gasteiger partial charge on any atom is -0.487 e. The quantitative estimate of drug-likeness (QED) is 0.708. The zero-order valence-electron chi connectivity index (χ0n) is 14.6. The number of aromatic nitrogens is 2. The zero-order valence-corrected chi connectivity index (χ0v) is 14.6. The summed E-state index contributed by atoms with van der Waals surface area (Å²) in [5.74, 6) is 0.660. The fourth-order valence-corrected chi connectivity index (χ4v) is 2.53. The third kappa shape index (κ3) is 4.47. The van der Waals surface area contributed by atoms with Gasteiger partial charge in [-0.3, -0.25) is 14.0 Å². The fraction of sp³-hybridized carbons (Fsp3) is 0.250. The Morgan fingerprint density at radius 1 is 1.19 bits per heavy atom. The van der Waals surface area contributed by atoms with Gasteiger partial charge in [0.25, 0.3) is 5.56 Å². The third-order valence-corrected chi connectivity index (χ3v) is 3.91. The molecule has 3 rings (SSSR count). The lowest BCUT2D eigenvalue weighted by Crippen LogP contribution is -2.16. The number of ether oxygens (including phenoxy) is 1. The number of carbonyl (C=O) groups is 1. The van der Waals surface area contributed by atoms with Gasteiger partial charge < -0.3 is 10.1 Å². The Morgan fingerprint density at radius 2 is 2.00 bits per heavy atom. The maximum atomic E-state index is 12.1. The van der Waals surface area contributed by atoms with Crippen molar-refractivity contribution in [2.75, 3.05) is 5.32 Å². The Kier molecular flexibility index (Phi) is 5.63. The van der Waals surface area contributed by atoms with Crippen molar-refractivity contribution in [3.63, 3.8) is 0 Å². The number of fused-ring (bicyclic) bond motifs is 1. The van der Waals surface area contributed by atoms with Crippen LogP contribution in [0.5, 0.6) is 5.75 Å². The number of benzene rings is 1. The second kappa shape index (κ2) is 8.29. The number of pyridine rings is 1. The molecule has 6 heteroatoms. The first kappa shape index (κ1) is 17.7. The number of rotatable bonds is 7. The molecular formula is C20H21N3O3. The Labute approximate surface area is 151 Å². The van der Waals surface area contributed by atoms with Crippen LogP contribution in [0.1, 0.15) is 31.9 Å². The molecular weight excluding hydrogens is 330 g/mol. The Bertz CT molecular complexity index is 948. The molecule has 0 spiro atoms. The molecule has 0 saturated heterocycles. The molecule has 0 aliphatic heterocycles. The molecule has 0 unspecified atom stereocenters. The summed E-state index contributed by atoms with van der Waals surface area (Å²) in [4.78, 5) is 28.2. The average molecular weight is 351 g/mol. The summed E-state index contributed by atoms with van der Waals surface area (Å²) in [5.41, 5.74) is 1.75. The van der Waals surface area contributed by atoms with E-state index in [0.717, 1.165) is 18.5 Å². The molecule has 0 radical (unpaired) electrons. The number of carbonyl (C=O) groups excluding carboxylic acids is 1. The van der Waals surface area contributed by atoms with Crippen LogP contribution >= 0.6 is 0 Å². The number of amides is 1. The highest BCUT2D eigenvalue weighted by Gasteiger charge is 2.04. The molecule has 2 heterocycles. The molecule has 1 N–H and O–H groups in total. The van der Waals surface area contributed by atoms with Gasteiger partial charge >= 0.3 is 0 Å². The second-order valence-corrected chi connectivity index (χ2v) is 5.98. The Balaban J connectivity index is 1.61. The van der Waals surface area contributed by atoms with Gasteiger partial charge in [0.05, 0.1) is 5.69 Å². The van der Waals surface area contributed by atoms with E-state index >= 15 is 0 Å². The van der Waals surface area contributed by atoms with Gasteiger partial charge in [0, 0.05) is 24.4 Å². The molecule has 134 valence electrons. The van der Waals surface area contributed by atoms with E-state index in [2.05, 4.69) is 17.2 Å². The monoisotopic (exact) mass is 351 g/mol. The standard InChI is InChI=1S/C20H21N3O3/c1-2-3-7-19(24)22-15-8-10-17(11-9-15)26-14-16-13-20(25)23-12-5-4-6-18(23)21-16/h4-6,8-13H,2-3,7,14H2,1H3,(H,22,24). The van der Waals surface area contributed by atoms with Gasteiger partial charge in [0.2, 0.25) is 5.91 Å². The van der Waals surface area contributed by atoms with Crippen LogP contribution in [0.2, 0.25) is 0 Å². The van der Waals surface area contributed by atoms with Gasteiger partial charge in [-0.2, -0.15) is 0 Å². The van der Waals surface area contributed by atoms with Crippen molar-refractivity contribution in [2.24, 2.45) is 0 Å². The minimum atomic E-state index is -0.140. The van der Waals surface area contributed by atoms with E-state index in [-0.39, 0.29) is 18.1 Å². The van der Waals surface area contributed by atoms with Crippen LogP contribution in [0.4, 0.5) is 5.69 Å². The average Bonchev–Trinajstić information content (AvgIpc) is 2.66. The van der Waals surface area contributed by atoms with Gasteiger partial charge in [-0.25, -0.2) is 4.98 Å². The van der Waals surface area contributed by atoms with E-state index in [1.54, 1.807) is 42.6 Å². The topological polar surface area (TPSA) is 72.7 Å². The van der Waals surface area contributed by atoms with E-state index in [1.165, 1.54) is 10.5 Å². The molecule has 0 atom stereocenters. The number of anilines is 1. The van der Waals surface area contributed by atoms with Crippen LogP contribution in [0.25, 0.3) is 5.65 Å². The Hall–Kier alpha value is -3.15. The molecule has 0 aliphatic carbocycles. The lowest BCUT2D eigenvalue weighted by Gasteiger charge is -2.09. The van der Waals surface area contributed by atoms with Crippen LogP contribution < -0.4 is 15.6 Å². The highest BCUT2D eigenvalue weighted by Crippen LogP contribution is 2.17. The first-order valence-corrected chi connectivity index (χ1v) is 8.66. The predicted octanol–water partition coefficient (Wildman–Crippen LogP) is 3.40. The maximum Gasteiger partial charge on any atom is 0.258 e. The van der Waals surface area contributed by atoms with Gasteiger partial charge in [0.1, 0.15) is 18.0 Å². The molecule has 6 nitrogen and oxygen atoms in total. The number of hydrogen-bond acceptors (Lipinski definition) is 4. The van der Waals surface area contributed by atoms with Gasteiger partial charge in [-0.1, -0.05) is 19.4 Å². The van der Waals surface area contributed by atoms with Crippen LogP contribution in [-0.4, -0.2) is 15.3 Å². The van der Waals surface area contributed by atoms with E-state index in [1.807, 2.05) is 6.07 Å². The van der Waals surface area contributed by atoms with Crippen molar-refractivity contribution in [2.45, 2.75) is 32.8 Å². The summed E-state index contributed by atoms with van der Waals surface area (Å²) in [5, 5.41) is 2.85. The highest BCUT2D eigenvalue weighted by molar-refractivity contribution is 5.90. The summed E-state index contributed by atoms with van der Waals surface area (Å²) >= 11 is 0. The zero-order chi connectivity index (χ0) is 18.4. The summed E-state index contributed by atoms with van der Waals surface area (Å²) < 4.78 is 7.18. The van der Waals surface area contributed by atoms with Crippen molar-refractivity contribution in [3.8, 4) is 5.75 Å². The van der Waals surface area contributed by atoms with E-state index in [4.69, 9.17) is 4.74 Å². The lowest BCUT2D eigenvalue weighted by atomic mass is 10.2. The van der Waals surface area contributed by atoms with Crippen molar-refractivity contribution in [3.05, 3.63) is 70.8 Å². The summed E-state index contributed by atoms with van der Waals surface area (Å²) in [7, 11) is 0. The van der Waals surface area contributed by atoms with Crippen molar-refractivity contribution in [1.29, 1.82) is 0 Å². The normalized spacial score (nSPS) is 10.7. The predicted molar refractivity (Wildman–Crippen MR) is 100 cm³/mol. The first-order chi connectivity index (χ1) is 12.7. The molecule has 0 bridgehead atoms. The van der Waals surface area contributed by atoms with Crippen molar-refractivity contribution in [1.82, 2.24) is 9.38 Å². The third-order valence-electron chi connectivity index (χ3n) is 3.91. The van der Waals surface area contributed by atoms with Crippen LogP contribution in [0.15, 0.2) is 59.5 Å². The van der Waals surface area contributed by atoms with Crippen LogP contribution in [-0.2, 0) is 11.4 Å². The summed E-state index contributed by atoms with van der Waals surface area (Å²) in [6, 6.07) is 14.0. The first-order valence-electron chi connectivity index (χ1n) is 8.66. The molecule has 0 aliphatic rings. The molecule has 3 aromatic rings. The van der Waals surface area contributed by atoms with Gasteiger partial charge in [0.15, 0.2) is 0 Å². The molecule has 26 heavy (non-hydrogen) atoms.